The zero-order valence-electron chi connectivity index (χ0n) is 15.7. The molecule has 2 aromatic carbocycles. The fourth-order valence-electron chi connectivity index (χ4n) is 3.26. The van der Waals surface area contributed by atoms with Crippen LogP contribution in [0.4, 0.5) is 0 Å². The Kier molecular flexibility index (Phi) is 6.83. The van der Waals surface area contributed by atoms with Crippen molar-refractivity contribution < 1.29 is 0 Å². The summed E-state index contributed by atoms with van der Waals surface area (Å²) in [6.45, 7) is 2.66. The second-order valence-corrected chi connectivity index (χ2v) is 7.11. The van der Waals surface area contributed by atoms with Crippen LogP contribution in [0.3, 0.4) is 0 Å². The molecule has 0 aliphatic rings. The molecule has 0 radical (unpaired) electrons. The summed E-state index contributed by atoms with van der Waals surface area (Å²) in [6.07, 6.45) is 5.08. The average Bonchev–Trinajstić information content (AvgIpc) is 2.70. The number of unbranched alkanes of at least 4 members (excludes halogenated alkanes) is 3. The minimum absolute atomic E-state index is 0.0430. The van der Waals surface area contributed by atoms with Crippen LogP contribution in [0.5, 0.6) is 0 Å². The zero-order valence-corrected chi connectivity index (χ0v) is 16.5. The van der Waals surface area contributed by atoms with E-state index in [1.54, 1.807) is 4.57 Å². The van der Waals surface area contributed by atoms with E-state index in [2.05, 4.69) is 11.9 Å². The molecular formula is C23H25ClN2O. The van der Waals surface area contributed by atoms with Crippen LogP contribution in [-0.4, -0.2) is 9.55 Å². The van der Waals surface area contributed by atoms with Crippen molar-refractivity contribution in [1.82, 2.24) is 9.55 Å². The van der Waals surface area contributed by atoms with Gasteiger partial charge in [-0.2, -0.15) is 0 Å². The zero-order chi connectivity index (χ0) is 19.1. The van der Waals surface area contributed by atoms with Gasteiger partial charge in [-0.15, -0.1) is 0 Å². The molecule has 0 aliphatic carbocycles. The summed E-state index contributed by atoms with van der Waals surface area (Å²) < 4.78 is 1.77. The van der Waals surface area contributed by atoms with Gasteiger partial charge < -0.3 is 0 Å². The average molecular weight is 381 g/mol. The number of aromatic nitrogens is 2. The molecule has 0 bridgehead atoms. The minimum Gasteiger partial charge on any atom is -0.299 e. The molecule has 0 saturated heterocycles. The van der Waals surface area contributed by atoms with Crippen LogP contribution in [-0.2, 0) is 13.0 Å². The van der Waals surface area contributed by atoms with Crippen molar-refractivity contribution >= 4 is 11.6 Å². The first-order chi connectivity index (χ1) is 13.2. The van der Waals surface area contributed by atoms with Crippen molar-refractivity contribution in [1.29, 1.82) is 0 Å². The van der Waals surface area contributed by atoms with Crippen LogP contribution in [0, 0.1) is 0 Å². The molecular weight excluding hydrogens is 356 g/mol. The Hall–Kier alpha value is -2.39. The number of rotatable bonds is 8. The second kappa shape index (κ2) is 9.52. The Morgan fingerprint density at radius 2 is 1.59 bits per heavy atom. The summed E-state index contributed by atoms with van der Waals surface area (Å²) in [7, 11) is 0. The monoisotopic (exact) mass is 380 g/mol. The van der Waals surface area contributed by atoms with Gasteiger partial charge in [-0.05, 0) is 18.4 Å². The smallest absolute Gasteiger partial charge is 0.273 e. The van der Waals surface area contributed by atoms with Crippen molar-refractivity contribution in [3.8, 4) is 11.3 Å². The molecule has 0 N–H and O–H groups in total. The molecule has 0 saturated carbocycles. The fraction of sp³-hybridized carbons (Fsp3) is 0.304. The Morgan fingerprint density at radius 3 is 2.26 bits per heavy atom. The molecule has 0 amide bonds. The standard InChI is InChI=1S/C23H25ClN2O/c1-2-3-4-11-16-20-23(27)26(17-18-12-7-5-8-13-18)21(22(24)25-20)19-14-9-6-10-15-19/h5-10,12-15H,2-4,11,16-17H2,1H3. The highest BCUT2D eigenvalue weighted by Gasteiger charge is 2.17. The lowest BCUT2D eigenvalue weighted by molar-refractivity contribution is 0.646. The molecule has 1 heterocycles. The van der Waals surface area contributed by atoms with Gasteiger partial charge in [0.1, 0.15) is 5.69 Å². The maximum absolute atomic E-state index is 13.2. The Morgan fingerprint density at radius 1 is 0.926 bits per heavy atom. The van der Waals surface area contributed by atoms with Gasteiger partial charge in [0, 0.05) is 5.56 Å². The molecule has 0 unspecified atom stereocenters. The molecule has 0 aliphatic heterocycles. The maximum Gasteiger partial charge on any atom is 0.273 e. The van der Waals surface area contributed by atoms with Crippen LogP contribution in [0.15, 0.2) is 65.5 Å². The van der Waals surface area contributed by atoms with Gasteiger partial charge in [0.05, 0.1) is 12.2 Å². The van der Waals surface area contributed by atoms with Crippen molar-refractivity contribution in [2.75, 3.05) is 0 Å². The van der Waals surface area contributed by atoms with Gasteiger partial charge in [-0.3, -0.25) is 9.36 Å². The van der Waals surface area contributed by atoms with Crippen molar-refractivity contribution in [3.63, 3.8) is 0 Å². The highest BCUT2D eigenvalue weighted by Crippen LogP contribution is 2.26. The Balaban J connectivity index is 2.04. The molecule has 0 atom stereocenters. The molecule has 27 heavy (non-hydrogen) atoms. The number of nitrogens with zero attached hydrogens (tertiary/aromatic N) is 2. The van der Waals surface area contributed by atoms with Gasteiger partial charge in [-0.1, -0.05) is 98.5 Å². The van der Waals surface area contributed by atoms with Gasteiger partial charge in [0.15, 0.2) is 5.15 Å². The predicted molar refractivity (Wildman–Crippen MR) is 112 cm³/mol. The van der Waals surface area contributed by atoms with E-state index >= 15 is 0 Å². The molecule has 3 rings (SSSR count). The van der Waals surface area contributed by atoms with E-state index in [9.17, 15) is 4.79 Å². The molecule has 0 fully saturated rings. The first kappa shape index (κ1) is 19.4. The SMILES string of the molecule is CCCCCCc1nc(Cl)c(-c2ccccc2)n(Cc2ccccc2)c1=O. The summed E-state index contributed by atoms with van der Waals surface area (Å²) >= 11 is 6.58. The third kappa shape index (κ3) is 4.86. The van der Waals surface area contributed by atoms with Gasteiger partial charge in [-0.25, -0.2) is 4.98 Å². The van der Waals surface area contributed by atoms with E-state index < -0.39 is 0 Å². The predicted octanol–water partition coefficient (Wildman–Crippen LogP) is 5.73. The number of hydrogen-bond acceptors (Lipinski definition) is 2. The lowest BCUT2D eigenvalue weighted by Gasteiger charge is -2.16. The lowest BCUT2D eigenvalue weighted by Crippen LogP contribution is -2.28. The van der Waals surface area contributed by atoms with Gasteiger partial charge in [0.2, 0.25) is 0 Å². The van der Waals surface area contributed by atoms with E-state index in [0.717, 1.165) is 24.0 Å². The van der Waals surface area contributed by atoms with Crippen molar-refractivity contribution in [2.24, 2.45) is 0 Å². The van der Waals surface area contributed by atoms with Gasteiger partial charge >= 0.3 is 0 Å². The van der Waals surface area contributed by atoms with Crippen molar-refractivity contribution in [2.45, 2.75) is 45.6 Å². The molecule has 4 heteroatoms. The van der Waals surface area contributed by atoms with Crippen LogP contribution in [0.25, 0.3) is 11.3 Å². The largest absolute Gasteiger partial charge is 0.299 e. The summed E-state index contributed by atoms with van der Waals surface area (Å²) in [4.78, 5) is 17.7. The normalized spacial score (nSPS) is 10.9. The first-order valence-corrected chi connectivity index (χ1v) is 9.97. The molecule has 3 nitrogen and oxygen atoms in total. The second-order valence-electron chi connectivity index (χ2n) is 6.75. The van der Waals surface area contributed by atoms with Crippen LogP contribution < -0.4 is 5.56 Å². The van der Waals surface area contributed by atoms with Crippen LogP contribution in [0.2, 0.25) is 5.15 Å². The number of halogens is 1. The fourth-order valence-corrected chi connectivity index (χ4v) is 3.57. The molecule has 1 aromatic heterocycles. The number of hydrogen-bond donors (Lipinski definition) is 0. The van der Waals surface area contributed by atoms with E-state index in [1.165, 1.54) is 12.8 Å². The first-order valence-electron chi connectivity index (χ1n) is 9.59. The van der Waals surface area contributed by atoms with E-state index in [-0.39, 0.29) is 5.56 Å². The highest BCUT2D eigenvalue weighted by molar-refractivity contribution is 6.31. The van der Waals surface area contributed by atoms with E-state index in [0.29, 0.717) is 29.5 Å². The van der Waals surface area contributed by atoms with E-state index in [1.807, 2.05) is 60.7 Å². The third-order valence-corrected chi connectivity index (χ3v) is 4.95. The third-order valence-electron chi connectivity index (χ3n) is 4.69. The van der Waals surface area contributed by atoms with Crippen molar-refractivity contribution in [3.05, 3.63) is 87.4 Å². The number of benzene rings is 2. The Labute approximate surface area is 165 Å². The number of aryl methyl sites for hydroxylation is 1. The quantitative estimate of drug-likeness (QED) is 0.467. The molecule has 140 valence electrons. The minimum atomic E-state index is -0.0430. The Bertz CT molecular complexity index is 920. The summed E-state index contributed by atoms with van der Waals surface area (Å²) in [5.74, 6) is 0. The molecule has 0 spiro atoms. The molecule has 3 aromatic rings. The maximum atomic E-state index is 13.2. The summed E-state index contributed by atoms with van der Waals surface area (Å²) in [6, 6.07) is 19.8. The summed E-state index contributed by atoms with van der Waals surface area (Å²) in [5.41, 5.74) is 3.17. The topological polar surface area (TPSA) is 34.9 Å². The van der Waals surface area contributed by atoms with Gasteiger partial charge in [0.25, 0.3) is 5.56 Å². The van der Waals surface area contributed by atoms with Crippen LogP contribution >= 0.6 is 11.6 Å². The van der Waals surface area contributed by atoms with Crippen LogP contribution in [0.1, 0.15) is 43.9 Å². The van der Waals surface area contributed by atoms with E-state index in [4.69, 9.17) is 11.6 Å². The summed E-state index contributed by atoms with van der Waals surface area (Å²) in [5, 5.41) is 0.391. The highest BCUT2D eigenvalue weighted by atomic mass is 35.5. The lowest BCUT2D eigenvalue weighted by atomic mass is 10.1.